The van der Waals surface area contributed by atoms with Crippen molar-refractivity contribution in [1.29, 1.82) is 0 Å². The first-order chi connectivity index (χ1) is 26.2. The molecule has 322 valence electrons. The number of carbonyl (C=O) groups is 3. The molecule has 2 saturated carbocycles. The summed E-state index contributed by atoms with van der Waals surface area (Å²) < 4.78 is 24.5. The van der Waals surface area contributed by atoms with Crippen LogP contribution in [-0.2, 0) is 18.9 Å². The van der Waals surface area contributed by atoms with Gasteiger partial charge in [-0.1, -0.05) is 112 Å². The summed E-state index contributed by atoms with van der Waals surface area (Å²) in [6.07, 6.45) is 25.3. The van der Waals surface area contributed by atoms with Crippen LogP contribution in [0.1, 0.15) is 229 Å². The molecule has 2 aliphatic rings. The number of hydrogen-bond donors (Lipinski definition) is 0. The SMILES string of the molecule is CCCCCCCCCN(COC(C)(C)CC)C(=O)OC(C)(C)C(C)CCCCCCCCCN(C(=O)OC1(CC)CCCC1)C(=O)OC1(CC)CCCC1. The fourth-order valence-corrected chi connectivity index (χ4v) is 8.00. The van der Waals surface area contributed by atoms with E-state index in [2.05, 4.69) is 48.5 Å². The number of carbonyl (C=O) groups excluding carboxylic acids is 3. The molecule has 1 unspecified atom stereocenters. The van der Waals surface area contributed by atoms with Crippen LogP contribution >= 0.6 is 0 Å². The van der Waals surface area contributed by atoms with Crippen LogP contribution in [-0.4, -0.2) is 70.3 Å². The highest BCUT2D eigenvalue weighted by atomic mass is 16.6. The molecule has 9 nitrogen and oxygen atoms in total. The standard InChI is InChI=1S/C46H86N2O7/c1-10-14-15-16-19-22-29-36-47(38-52-43(6,7)11-2)40(49)53-44(8,9)39(5)31-24-21-18-17-20-23-30-37-48(41(50)54-45(12-3)32-25-26-33-45)42(51)55-46(13-4)34-27-28-35-46/h39H,10-38H2,1-9H3. The van der Waals surface area contributed by atoms with Crippen molar-refractivity contribution < 1.29 is 33.3 Å². The van der Waals surface area contributed by atoms with E-state index in [1.165, 1.54) is 37.0 Å². The van der Waals surface area contributed by atoms with Gasteiger partial charge in [-0.3, -0.25) is 4.90 Å². The van der Waals surface area contributed by atoms with E-state index >= 15 is 0 Å². The van der Waals surface area contributed by atoms with E-state index in [0.717, 1.165) is 135 Å². The third-order valence-electron chi connectivity index (χ3n) is 13.2. The van der Waals surface area contributed by atoms with Crippen molar-refractivity contribution >= 4 is 18.3 Å². The lowest BCUT2D eigenvalue weighted by molar-refractivity contribution is -0.0858. The number of ether oxygens (including phenoxy) is 4. The summed E-state index contributed by atoms with van der Waals surface area (Å²) in [6.45, 7) is 20.1. The van der Waals surface area contributed by atoms with Gasteiger partial charge in [0.05, 0.1) is 5.60 Å². The van der Waals surface area contributed by atoms with Crippen LogP contribution < -0.4 is 0 Å². The first-order valence-corrected chi connectivity index (χ1v) is 23.0. The summed E-state index contributed by atoms with van der Waals surface area (Å²) in [5, 5.41) is 0. The number of hydrogen-bond acceptors (Lipinski definition) is 7. The van der Waals surface area contributed by atoms with Gasteiger partial charge in [0.2, 0.25) is 0 Å². The van der Waals surface area contributed by atoms with Crippen LogP contribution in [0.3, 0.4) is 0 Å². The van der Waals surface area contributed by atoms with Crippen LogP contribution in [0, 0.1) is 5.92 Å². The number of nitrogens with zero attached hydrogens (tertiary/aromatic N) is 2. The van der Waals surface area contributed by atoms with E-state index in [0.29, 0.717) is 13.1 Å². The number of amides is 3. The molecule has 2 fully saturated rings. The first-order valence-electron chi connectivity index (χ1n) is 23.0. The molecule has 0 aromatic heterocycles. The van der Waals surface area contributed by atoms with Crippen LogP contribution in [0.25, 0.3) is 0 Å². The van der Waals surface area contributed by atoms with Gasteiger partial charge in [0.1, 0.15) is 23.5 Å². The molecule has 0 heterocycles. The van der Waals surface area contributed by atoms with Crippen molar-refractivity contribution in [3.05, 3.63) is 0 Å². The van der Waals surface area contributed by atoms with Gasteiger partial charge in [0.25, 0.3) is 0 Å². The van der Waals surface area contributed by atoms with Crippen LogP contribution in [0.2, 0.25) is 0 Å². The molecule has 0 saturated heterocycles. The molecule has 2 aliphatic carbocycles. The van der Waals surface area contributed by atoms with Crippen molar-refractivity contribution in [2.45, 2.75) is 252 Å². The van der Waals surface area contributed by atoms with Gasteiger partial charge in [0, 0.05) is 13.1 Å². The lowest BCUT2D eigenvalue weighted by Gasteiger charge is -2.35. The van der Waals surface area contributed by atoms with Crippen LogP contribution in [0.4, 0.5) is 14.4 Å². The van der Waals surface area contributed by atoms with E-state index in [9.17, 15) is 14.4 Å². The summed E-state index contributed by atoms with van der Waals surface area (Å²) in [5.74, 6) is 0.225. The average molecular weight is 779 g/mol. The van der Waals surface area contributed by atoms with Crippen LogP contribution in [0.5, 0.6) is 0 Å². The maximum Gasteiger partial charge on any atom is 0.419 e. The Kier molecular flexibility index (Phi) is 22.6. The van der Waals surface area contributed by atoms with Crippen molar-refractivity contribution in [3.8, 4) is 0 Å². The quantitative estimate of drug-likeness (QED) is 0.0443. The van der Waals surface area contributed by atoms with Crippen molar-refractivity contribution in [2.24, 2.45) is 5.92 Å². The minimum Gasteiger partial charge on any atom is -0.443 e. The predicted molar refractivity (Wildman–Crippen MR) is 224 cm³/mol. The van der Waals surface area contributed by atoms with Gasteiger partial charge >= 0.3 is 18.3 Å². The van der Waals surface area contributed by atoms with Gasteiger partial charge in [-0.05, 0) is 124 Å². The molecular formula is C46H86N2O7. The molecular weight excluding hydrogens is 693 g/mol. The Balaban J connectivity index is 1.77. The van der Waals surface area contributed by atoms with E-state index < -0.39 is 29.0 Å². The van der Waals surface area contributed by atoms with E-state index in [1.807, 2.05) is 13.8 Å². The highest BCUT2D eigenvalue weighted by Crippen LogP contribution is 2.38. The minimum absolute atomic E-state index is 0.225. The van der Waals surface area contributed by atoms with E-state index in [4.69, 9.17) is 18.9 Å². The maximum absolute atomic E-state index is 13.5. The van der Waals surface area contributed by atoms with Gasteiger partial charge in [0.15, 0.2) is 0 Å². The highest BCUT2D eigenvalue weighted by molar-refractivity contribution is 5.88. The number of rotatable bonds is 28. The Labute approximate surface area is 338 Å². The van der Waals surface area contributed by atoms with E-state index in [1.54, 1.807) is 4.90 Å². The van der Waals surface area contributed by atoms with Crippen molar-refractivity contribution in [2.75, 3.05) is 19.8 Å². The Bertz CT molecular complexity index is 1040. The number of imide groups is 1. The normalized spacial score (nSPS) is 17.2. The molecule has 0 spiro atoms. The molecule has 1 atom stereocenters. The van der Waals surface area contributed by atoms with Gasteiger partial charge in [-0.2, -0.15) is 0 Å². The zero-order valence-corrected chi connectivity index (χ0v) is 37.3. The molecule has 0 bridgehead atoms. The maximum atomic E-state index is 13.5. The minimum atomic E-state index is -0.576. The Morgan fingerprint density at radius 3 is 1.49 bits per heavy atom. The zero-order valence-electron chi connectivity index (χ0n) is 37.3. The Hall–Kier alpha value is -2.03. The third-order valence-corrected chi connectivity index (χ3v) is 13.2. The molecule has 55 heavy (non-hydrogen) atoms. The smallest absolute Gasteiger partial charge is 0.419 e. The molecule has 0 N–H and O–H groups in total. The van der Waals surface area contributed by atoms with E-state index in [-0.39, 0.29) is 24.3 Å². The van der Waals surface area contributed by atoms with Crippen molar-refractivity contribution in [1.82, 2.24) is 9.80 Å². The molecule has 9 heteroatoms. The average Bonchev–Trinajstić information content (AvgIpc) is 3.83. The second-order valence-corrected chi connectivity index (χ2v) is 18.3. The summed E-state index contributed by atoms with van der Waals surface area (Å²) in [7, 11) is 0. The Morgan fingerprint density at radius 2 is 1.04 bits per heavy atom. The summed E-state index contributed by atoms with van der Waals surface area (Å²) in [4.78, 5) is 43.4. The number of unbranched alkanes of at least 4 members (excludes halogenated alkanes) is 12. The van der Waals surface area contributed by atoms with Crippen LogP contribution in [0.15, 0.2) is 0 Å². The summed E-state index contributed by atoms with van der Waals surface area (Å²) in [5.41, 5.74) is -1.77. The first kappa shape index (κ1) is 49.1. The zero-order chi connectivity index (χ0) is 40.8. The van der Waals surface area contributed by atoms with Crippen molar-refractivity contribution in [3.63, 3.8) is 0 Å². The molecule has 3 amide bonds. The Morgan fingerprint density at radius 1 is 0.600 bits per heavy atom. The molecule has 2 rings (SSSR count). The predicted octanol–water partition coefficient (Wildman–Crippen LogP) is 13.9. The fourth-order valence-electron chi connectivity index (χ4n) is 8.00. The topological polar surface area (TPSA) is 94.6 Å². The summed E-state index contributed by atoms with van der Waals surface area (Å²) in [6, 6.07) is 0. The monoisotopic (exact) mass is 779 g/mol. The molecule has 0 aromatic rings. The second-order valence-electron chi connectivity index (χ2n) is 18.3. The highest BCUT2D eigenvalue weighted by Gasteiger charge is 2.42. The molecule has 0 aromatic carbocycles. The van der Waals surface area contributed by atoms with Gasteiger partial charge in [-0.15, -0.1) is 0 Å². The fraction of sp³-hybridized carbons (Fsp3) is 0.935. The lowest BCUT2D eigenvalue weighted by atomic mass is 9.87. The molecule has 0 radical (unpaired) electrons. The van der Waals surface area contributed by atoms with Gasteiger partial charge < -0.3 is 18.9 Å². The lowest BCUT2D eigenvalue weighted by Crippen LogP contribution is -2.46. The summed E-state index contributed by atoms with van der Waals surface area (Å²) >= 11 is 0. The second kappa shape index (κ2) is 25.4. The third kappa shape index (κ3) is 18.0. The largest absolute Gasteiger partial charge is 0.443 e. The molecule has 0 aliphatic heterocycles. The van der Waals surface area contributed by atoms with Gasteiger partial charge in [-0.25, -0.2) is 19.3 Å².